The molecular weight excluding hydrogens is 220 g/mol. The molecule has 6 heteroatoms. The molecule has 2 heterocycles. The van der Waals surface area contributed by atoms with Crippen LogP contribution in [0.5, 0.6) is 0 Å². The molecule has 1 saturated heterocycles. The van der Waals surface area contributed by atoms with Crippen LogP contribution in [0, 0.1) is 23.0 Å². The summed E-state index contributed by atoms with van der Waals surface area (Å²) in [6.07, 6.45) is 1.55. The summed E-state index contributed by atoms with van der Waals surface area (Å²) >= 11 is 0. The summed E-state index contributed by atoms with van der Waals surface area (Å²) < 4.78 is 1.74. The predicted molar refractivity (Wildman–Crippen MR) is 63.9 cm³/mol. The van der Waals surface area contributed by atoms with Gasteiger partial charge in [0.25, 0.3) is 0 Å². The van der Waals surface area contributed by atoms with Crippen molar-refractivity contribution in [2.24, 2.45) is 5.92 Å². The van der Waals surface area contributed by atoms with Gasteiger partial charge >= 0.3 is 5.69 Å². The van der Waals surface area contributed by atoms with E-state index < -0.39 is 0 Å². The molecule has 0 atom stereocenters. The third-order valence-corrected chi connectivity index (χ3v) is 3.02. The molecule has 1 aromatic heterocycles. The van der Waals surface area contributed by atoms with Crippen LogP contribution < -0.4 is 0 Å². The van der Waals surface area contributed by atoms with Gasteiger partial charge in [-0.3, -0.25) is 19.7 Å². The molecule has 1 aliphatic rings. The van der Waals surface area contributed by atoms with Crippen molar-refractivity contribution in [3.8, 4) is 0 Å². The maximum atomic E-state index is 10.7. The highest BCUT2D eigenvalue weighted by Crippen LogP contribution is 2.25. The summed E-state index contributed by atoms with van der Waals surface area (Å²) in [5.74, 6) is 0.657. The van der Waals surface area contributed by atoms with Crippen LogP contribution in [0.2, 0.25) is 0 Å². The van der Waals surface area contributed by atoms with E-state index in [2.05, 4.69) is 23.8 Å². The van der Waals surface area contributed by atoms with Crippen molar-refractivity contribution in [2.75, 3.05) is 19.6 Å². The zero-order valence-electron chi connectivity index (χ0n) is 10.5. The molecule has 94 valence electrons. The number of nitrogens with zero attached hydrogens (tertiary/aromatic N) is 4. The first kappa shape index (κ1) is 12.0. The van der Waals surface area contributed by atoms with Crippen molar-refractivity contribution in [2.45, 2.75) is 26.8 Å². The molecule has 1 fully saturated rings. The van der Waals surface area contributed by atoms with E-state index in [9.17, 15) is 10.1 Å². The largest absolute Gasteiger partial charge is 0.309 e. The summed E-state index contributed by atoms with van der Waals surface area (Å²) in [4.78, 5) is 12.7. The highest BCUT2D eigenvalue weighted by atomic mass is 16.6. The molecule has 0 aliphatic carbocycles. The minimum atomic E-state index is -0.372. The average Bonchev–Trinajstić information content (AvgIpc) is 2.52. The van der Waals surface area contributed by atoms with Crippen molar-refractivity contribution in [3.63, 3.8) is 0 Å². The second kappa shape index (κ2) is 4.44. The van der Waals surface area contributed by atoms with Gasteiger partial charge in [-0.2, -0.15) is 5.10 Å². The van der Waals surface area contributed by atoms with E-state index in [1.54, 1.807) is 17.8 Å². The number of rotatable bonds is 4. The highest BCUT2D eigenvalue weighted by molar-refractivity contribution is 5.31. The Kier molecular flexibility index (Phi) is 3.15. The van der Waals surface area contributed by atoms with Crippen molar-refractivity contribution in [1.29, 1.82) is 0 Å². The maximum absolute atomic E-state index is 10.7. The van der Waals surface area contributed by atoms with Gasteiger partial charge in [0.05, 0.1) is 11.0 Å². The van der Waals surface area contributed by atoms with Crippen molar-refractivity contribution >= 4 is 5.69 Å². The summed E-state index contributed by atoms with van der Waals surface area (Å²) in [7, 11) is 0. The molecule has 1 aliphatic heterocycles. The first-order valence-corrected chi connectivity index (χ1v) is 5.90. The molecule has 0 bridgehead atoms. The molecule has 6 nitrogen and oxygen atoms in total. The van der Waals surface area contributed by atoms with Crippen LogP contribution >= 0.6 is 0 Å². The standard InChI is InChI=1S/C11H18N4O2/c1-8(2)4-13-5-10(6-13)14-7-11(15(16)17)9(3)12-14/h7-8,10H,4-6H2,1-3H3. The van der Waals surface area contributed by atoms with Crippen LogP contribution in [-0.2, 0) is 0 Å². The lowest BCUT2D eigenvalue weighted by Gasteiger charge is -2.40. The molecule has 17 heavy (non-hydrogen) atoms. The molecule has 1 aromatic rings. The maximum Gasteiger partial charge on any atom is 0.309 e. The topological polar surface area (TPSA) is 64.2 Å². The minimum Gasteiger partial charge on any atom is -0.299 e. The lowest BCUT2D eigenvalue weighted by atomic mass is 10.1. The number of aromatic nitrogens is 2. The van der Waals surface area contributed by atoms with Gasteiger partial charge < -0.3 is 0 Å². The fraction of sp³-hybridized carbons (Fsp3) is 0.727. The summed E-state index contributed by atoms with van der Waals surface area (Å²) in [5.41, 5.74) is 0.615. The Hall–Kier alpha value is -1.43. The van der Waals surface area contributed by atoms with Gasteiger partial charge in [0.15, 0.2) is 0 Å². The molecule has 0 N–H and O–H groups in total. The van der Waals surface area contributed by atoms with Gasteiger partial charge in [0.2, 0.25) is 0 Å². The quantitative estimate of drug-likeness (QED) is 0.590. The van der Waals surface area contributed by atoms with Crippen LogP contribution in [0.4, 0.5) is 5.69 Å². The predicted octanol–water partition coefficient (Wildman–Crippen LogP) is 1.61. The number of hydrogen-bond donors (Lipinski definition) is 0. The Bertz CT molecular complexity index is 421. The van der Waals surface area contributed by atoms with Gasteiger partial charge in [-0.25, -0.2) is 0 Å². The van der Waals surface area contributed by atoms with Gasteiger partial charge in [0.1, 0.15) is 11.9 Å². The zero-order valence-corrected chi connectivity index (χ0v) is 10.5. The van der Waals surface area contributed by atoms with Crippen LogP contribution in [0.15, 0.2) is 6.20 Å². The smallest absolute Gasteiger partial charge is 0.299 e. The SMILES string of the molecule is Cc1nn(C2CN(CC(C)C)C2)cc1[N+](=O)[O-]. The van der Waals surface area contributed by atoms with Crippen molar-refractivity contribution in [3.05, 3.63) is 22.0 Å². The summed E-state index contributed by atoms with van der Waals surface area (Å²) in [5, 5.41) is 14.9. The van der Waals surface area contributed by atoms with Gasteiger partial charge in [-0.05, 0) is 12.8 Å². The average molecular weight is 238 g/mol. The monoisotopic (exact) mass is 238 g/mol. The molecule has 0 amide bonds. The van der Waals surface area contributed by atoms with Crippen LogP contribution in [0.25, 0.3) is 0 Å². The normalized spacial score (nSPS) is 17.4. The second-order valence-electron chi connectivity index (χ2n) is 5.10. The molecule has 0 saturated carbocycles. The summed E-state index contributed by atoms with van der Waals surface area (Å²) in [6.45, 7) is 9.03. The zero-order chi connectivity index (χ0) is 12.6. The van der Waals surface area contributed by atoms with E-state index in [0.717, 1.165) is 19.6 Å². The Morgan fingerprint density at radius 1 is 1.59 bits per heavy atom. The molecule has 2 rings (SSSR count). The third kappa shape index (κ3) is 2.46. The third-order valence-electron chi connectivity index (χ3n) is 3.02. The minimum absolute atomic E-state index is 0.118. The van der Waals surface area contributed by atoms with E-state index in [-0.39, 0.29) is 10.6 Å². The van der Waals surface area contributed by atoms with Gasteiger partial charge in [-0.1, -0.05) is 13.8 Å². The molecule has 0 aromatic carbocycles. The lowest BCUT2D eigenvalue weighted by molar-refractivity contribution is -0.385. The van der Waals surface area contributed by atoms with Crippen LogP contribution in [0.3, 0.4) is 0 Å². The van der Waals surface area contributed by atoms with E-state index >= 15 is 0 Å². The Labute approximate surface area is 100 Å². The fourth-order valence-electron chi connectivity index (χ4n) is 2.21. The number of likely N-dealkylation sites (tertiary alicyclic amines) is 1. The Morgan fingerprint density at radius 3 is 2.71 bits per heavy atom. The Morgan fingerprint density at radius 2 is 2.24 bits per heavy atom. The van der Waals surface area contributed by atoms with E-state index in [4.69, 9.17) is 0 Å². The molecule has 0 radical (unpaired) electrons. The summed E-state index contributed by atoms with van der Waals surface area (Å²) in [6, 6.07) is 0.293. The fourth-order valence-corrected chi connectivity index (χ4v) is 2.21. The second-order valence-corrected chi connectivity index (χ2v) is 5.10. The van der Waals surface area contributed by atoms with Crippen LogP contribution in [-0.4, -0.2) is 39.2 Å². The van der Waals surface area contributed by atoms with Gasteiger partial charge in [-0.15, -0.1) is 0 Å². The van der Waals surface area contributed by atoms with E-state index in [0.29, 0.717) is 17.7 Å². The Balaban J connectivity index is 1.97. The van der Waals surface area contributed by atoms with E-state index in [1.807, 2.05) is 0 Å². The van der Waals surface area contributed by atoms with Crippen molar-refractivity contribution in [1.82, 2.24) is 14.7 Å². The molecule has 0 unspecified atom stereocenters. The molecular formula is C11H18N4O2. The van der Waals surface area contributed by atoms with Crippen molar-refractivity contribution < 1.29 is 4.92 Å². The number of hydrogen-bond acceptors (Lipinski definition) is 4. The van der Waals surface area contributed by atoms with Crippen LogP contribution in [0.1, 0.15) is 25.6 Å². The van der Waals surface area contributed by atoms with E-state index in [1.165, 1.54) is 0 Å². The lowest BCUT2D eigenvalue weighted by Crippen LogP contribution is -2.49. The number of nitro groups is 1. The highest BCUT2D eigenvalue weighted by Gasteiger charge is 2.30. The molecule has 0 spiro atoms. The first-order valence-electron chi connectivity index (χ1n) is 5.90. The number of aryl methyl sites for hydroxylation is 1. The van der Waals surface area contributed by atoms with Gasteiger partial charge in [0, 0.05) is 19.6 Å². The first-order chi connectivity index (χ1) is 7.97.